The summed E-state index contributed by atoms with van der Waals surface area (Å²) in [5, 5.41) is 6.80. The number of rotatable bonds is 6. The second kappa shape index (κ2) is 8.67. The van der Waals surface area contributed by atoms with E-state index >= 15 is 0 Å². The van der Waals surface area contributed by atoms with Crippen molar-refractivity contribution in [2.24, 2.45) is 4.40 Å². The predicted octanol–water partition coefficient (Wildman–Crippen LogP) is 4.69. The molecule has 3 heterocycles. The molecule has 0 radical (unpaired) electrons. The lowest BCUT2D eigenvalue weighted by Crippen LogP contribution is -2.29. The van der Waals surface area contributed by atoms with Crippen LogP contribution in [0.15, 0.2) is 71.5 Å². The molecule has 6 nitrogen and oxygen atoms in total. The molecule has 0 unspecified atom stereocenters. The SMILES string of the molecule is CC(C)(C)S/N=C/c1c[nH][n+]2c(NCc3cccnc3)cc(-c3ccccc3)nc12. The number of H-pyrrole nitrogens is 1. The van der Waals surface area contributed by atoms with E-state index in [9.17, 15) is 0 Å². The van der Waals surface area contributed by atoms with Crippen LogP contribution in [-0.4, -0.2) is 26.0 Å². The number of aromatic nitrogens is 4. The Kier molecular flexibility index (Phi) is 5.81. The van der Waals surface area contributed by atoms with Crippen LogP contribution in [0.4, 0.5) is 5.82 Å². The van der Waals surface area contributed by atoms with Crippen LogP contribution in [0.3, 0.4) is 0 Å². The van der Waals surface area contributed by atoms with Gasteiger partial charge in [-0.25, -0.2) is 4.40 Å². The van der Waals surface area contributed by atoms with Gasteiger partial charge >= 0.3 is 0 Å². The van der Waals surface area contributed by atoms with Crippen molar-refractivity contribution in [2.75, 3.05) is 5.32 Å². The van der Waals surface area contributed by atoms with Gasteiger partial charge in [0, 0.05) is 34.5 Å². The number of hydrogen-bond donors (Lipinski definition) is 2. The third-order valence-electron chi connectivity index (χ3n) is 4.34. The standard InChI is InChI=1S/C23H24N6S/c1-23(2,3)30-27-16-19-15-26-29-21(25-14-17-8-7-11-24-13-17)12-20(28-22(19)29)18-9-5-4-6-10-18/h4-13,15-16H,14H2,1-3H3,(H,25,26,27,28)/p+1. The predicted molar refractivity (Wildman–Crippen MR) is 124 cm³/mol. The van der Waals surface area contributed by atoms with Crippen LogP contribution in [-0.2, 0) is 6.54 Å². The van der Waals surface area contributed by atoms with Crippen LogP contribution in [0, 0.1) is 0 Å². The molecule has 0 aliphatic rings. The fourth-order valence-electron chi connectivity index (χ4n) is 2.95. The summed E-state index contributed by atoms with van der Waals surface area (Å²) in [6.45, 7) is 7.10. The van der Waals surface area contributed by atoms with Crippen LogP contribution in [0.5, 0.6) is 0 Å². The van der Waals surface area contributed by atoms with Crippen LogP contribution in [0.25, 0.3) is 16.9 Å². The first-order chi connectivity index (χ1) is 14.5. The van der Waals surface area contributed by atoms with Gasteiger partial charge in [0.2, 0.25) is 5.82 Å². The molecule has 4 aromatic rings. The van der Waals surface area contributed by atoms with Gasteiger partial charge in [-0.3, -0.25) is 15.4 Å². The zero-order valence-electron chi connectivity index (χ0n) is 17.3. The van der Waals surface area contributed by atoms with Crippen molar-refractivity contribution in [3.05, 3.63) is 78.2 Å². The smallest absolute Gasteiger partial charge is 0.295 e. The largest absolute Gasteiger partial charge is 0.300 e. The molecule has 0 amide bonds. The van der Waals surface area contributed by atoms with Gasteiger partial charge in [-0.05, 0) is 38.8 Å². The van der Waals surface area contributed by atoms with E-state index in [1.54, 1.807) is 18.1 Å². The third-order valence-corrected chi connectivity index (χ3v) is 5.10. The summed E-state index contributed by atoms with van der Waals surface area (Å²) < 4.78 is 6.57. The lowest BCUT2D eigenvalue weighted by molar-refractivity contribution is -0.564. The maximum atomic E-state index is 4.92. The summed E-state index contributed by atoms with van der Waals surface area (Å²) in [7, 11) is 0. The average Bonchev–Trinajstić information content (AvgIpc) is 3.15. The Balaban J connectivity index is 1.73. The van der Waals surface area contributed by atoms with E-state index in [1.807, 2.05) is 47.4 Å². The second-order valence-corrected chi connectivity index (χ2v) is 9.55. The normalized spacial score (nSPS) is 12.0. The van der Waals surface area contributed by atoms with E-state index in [1.165, 1.54) is 0 Å². The lowest BCUT2D eigenvalue weighted by Gasteiger charge is -2.11. The van der Waals surface area contributed by atoms with Crippen molar-refractivity contribution in [2.45, 2.75) is 32.1 Å². The highest BCUT2D eigenvalue weighted by molar-refractivity contribution is 7.99. The van der Waals surface area contributed by atoms with E-state index < -0.39 is 0 Å². The van der Waals surface area contributed by atoms with E-state index in [4.69, 9.17) is 4.98 Å². The summed E-state index contributed by atoms with van der Waals surface area (Å²) in [4.78, 5) is 9.11. The molecule has 152 valence electrons. The highest BCUT2D eigenvalue weighted by Crippen LogP contribution is 2.24. The maximum absolute atomic E-state index is 4.92. The van der Waals surface area contributed by atoms with Gasteiger partial charge in [0.1, 0.15) is 0 Å². The molecule has 4 rings (SSSR count). The summed E-state index contributed by atoms with van der Waals surface area (Å²) in [6, 6.07) is 16.2. The van der Waals surface area contributed by atoms with E-state index in [0.29, 0.717) is 6.54 Å². The number of hydrogen-bond acceptors (Lipinski definition) is 5. The van der Waals surface area contributed by atoms with Gasteiger partial charge in [0.25, 0.3) is 5.65 Å². The van der Waals surface area contributed by atoms with Gasteiger partial charge < -0.3 is 0 Å². The van der Waals surface area contributed by atoms with Crippen molar-refractivity contribution in [1.29, 1.82) is 0 Å². The Hall–Kier alpha value is -3.19. The molecule has 0 aliphatic heterocycles. The minimum Gasteiger partial charge on any atom is -0.300 e. The second-order valence-electron chi connectivity index (χ2n) is 7.93. The Labute approximate surface area is 180 Å². The Morgan fingerprint density at radius 1 is 1.17 bits per heavy atom. The van der Waals surface area contributed by atoms with Crippen LogP contribution >= 0.6 is 11.9 Å². The molecule has 0 saturated carbocycles. The summed E-state index contributed by atoms with van der Waals surface area (Å²) >= 11 is 1.55. The topological polar surface area (TPSA) is 70.1 Å². The molecule has 7 heteroatoms. The molecular formula is C23H25N6S+. The average molecular weight is 418 g/mol. The molecule has 0 spiro atoms. The third kappa shape index (κ3) is 4.86. The van der Waals surface area contributed by atoms with E-state index in [0.717, 1.165) is 33.8 Å². The van der Waals surface area contributed by atoms with Crippen molar-refractivity contribution in [3.63, 3.8) is 0 Å². The first-order valence-electron chi connectivity index (χ1n) is 9.83. The zero-order valence-corrected chi connectivity index (χ0v) is 18.1. The first-order valence-corrected chi connectivity index (χ1v) is 10.6. The van der Waals surface area contributed by atoms with Gasteiger partial charge in [-0.2, -0.15) is 0 Å². The van der Waals surface area contributed by atoms with Crippen molar-refractivity contribution in [3.8, 4) is 11.3 Å². The minimum absolute atomic E-state index is 0.0643. The quantitative estimate of drug-likeness (QED) is 0.271. The summed E-state index contributed by atoms with van der Waals surface area (Å²) in [6.07, 6.45) is 7.45. The van der Waals surface area contributed by atoms with Crippen molar-refractivity contribution >= 4 is 29.6 Å². The lowest BCUT2D eigenvalue weighted by atomic mass is 10.1. The van der Waals surface area contributed by atoms with Gasteiger partial charge in [-0.1, -0.05) is 36.4 Å². The number of aromatic amines is 1. The number of nitrogens with zero attached hydrogens (tertiary/aromatic N) is 4. The molecule has 0 bridgehead atoms. The summed E-state index contributed by atoms with van der Waals surface area (Å²) in [5.41, 5.74) is 4.84. The number of fused-ring (bicyclic) bond motifs is 1. The van der Waals surface area contributed by atoms with Crippen LogP contribution < -0.4 is 9.83 Å². The van der Waals surface area contributed by atoms with Crippen LogP contribution in [0.1, 0.15) is 31.9 Å². The molecule has 0 fully saturated rings. The molecule has 0 aliphatic carbocycles. The Morgan fingerprint density at radius 2 is 2.00 bits per heavy atom. The Morgan fingerprint density at radius 3 is 2.73 bits per heavy atom. The molecule has 0 saturated heterocycles. The van der Waals surface area contributed by atoms with E-state index in [2.05, 4.69) is 64.8 Å². The highest BCUT2D eigenvalue weighted by atomic mass is 32.2. The zero-order chi connectivity index (χ0) is 21.0. The molecule has 3 aromatic heterocycles. The van der Waals surface area contributed by atoms with Gasteiger partial charge in [0.15, 0.2) is 5.69 Å². The first kappa shape index (κ1) is 20.1. The highest BCUT2D eigenvalue weighted by Gasteiger charge is 2.19. The minimum atomic E-state index is 0.0643. The van der Waals surface area contributed by atoms with Gasteiger partial charge in [-0.15, -0.1) is 9.50 Å². The molecule has 2 N–H and O–H groups in total. The fourth-order valence-corrected chi connectivity index (χ4v) is 3.43. The summed E-state index contributed by atoms with van der Waals surface area (Å²) in [5.74, 6) is 0.922. The number of anilines is 1. The number of nitrogens with one attached hydrogen (secondary N) is 2. The van der Waals surface area contributed by atoms with Crippen molar-refractivity contribution in [1.82, 2.24) is 15.1 Å². The fraction of sp³-hybridized carbons (Fsp3) is 0.217. The van der Waals surface area contributed by atoms with Crippen LogP contribution in [0.2, 0.25) is 0 Å². The monoisotopic (exact) mass is 417 g/mol. The van der Waals surface area contributed by atoms with E-state index in [-0.39, 0.29) is 4.75 Å². The molecule has 0 atom stereocenters. The number of benzene rings is 1. The van der Waals surface area contributed by atoms with Crippen molar-refractivity contribution < 1.29 is 4.52 Å². The number of pyridine rings is 1. The van der Waals surface area contributed by atoms with Gasteiger partial charge in [0.05, 0.1) is 24.4 Å². The Bertz CT molecular complexity index is 1150. The molecule has 1 aromatic carbocycles. The molecular weight excluding hydrogens is 392 g/mol. The molecule has 30 heavy (non-hydrogen) atoms. The maximum Gasteiger partial charge on any atom is 0.295 e.